The number of benzene rings is 1. The van der Waals surface area contributed by atoms with Gasteiger partial charge in [0.2, 0.25) is 5.88 Å². The molecule has 0 spiro atoms. The number of hydrogen-bond donors (Lipinski definition) is 1. The smallest absolute Gasteiger partial charge is 0.248 e. The normalized spacial score (nSPS) is 14.4. The Balaban J connectivity index is 1.91. The van der Waals surface area contributed by atoms with Gasteiger partial charge in [-0.25, -0.2) is 4.98 Å². The highest BCUT2D eigenvalue weighted by atomic mass is 35.5. The van der Waals surface area contributed by atoms with Crippen LogP contribution in [0.1, 0.15) is 24.0 Å². The minimum atomic E-state index is 0.387. The molecular formula is C16H19ClN4O. The Morgan fingerprint density at radius 3 is 2.41 bits per heavy atom. The van der Waals surface area contributed by atoms with Gasteiger partial charge in [0.25, 0.3) is 0 Å². The summed E-state index contributed by atoms with van der Waals surface area (Å²) in [7, 11) is 0. The number of halogens is 1. The highest BCUT2D eigenvalue weighted by Crippen LogP contribution is 2.34. The molecule has 2 N–H and O–H groups in total. The van der Waals surface area contributed by atoms with Crippen LogP contribution in [-0.4, -0.2) is 23.1 Å². The first-order chi connectivity index (χ1) is 10.6. The number of nitrogen functional groups attached to an aromatic ring is 1. The third-order valence-corrected chi connectivity index (χ3v) is 4.45. The van der Waals surface area contributed by atoms with E-state index in [4.69, 9.17) is 22.1 Å². The number of hydrogen-bond acceptors (Lipinski definition) is 5. The third-order valence-electron chi connectivity index (χ3n) is 3.86. The minimum absolute atomic E-state index is 0.387. The average molecular weight is 319 g/mol. The highest BCUT2D eigenvalue weighted by molar-refractivity contribution is 6.32. The second-order valence-corrected chi connectivity index (χ2v) is 5.96. The monoisotopic (exact) mass is 318 g/mol. The van der Waals surface area contributed by atoms with E-state index in [9.17, 15) is 0 Å². The first-order valence-corrected chi connectivity index (χ1v) is 7.74. The quantitative estimate of drug-likeness (QED) is 0.934. The van der Waals surface area contributed by atoms with Crippen molar-refractivity contribution < 1.29 is 4.74 Å². The predicted molar refractivity (Wildman–Crippen MR) is 88.9 cm³/mol. The fourth-order valence-corrected chi connectivity index (χ4v) is 2.82. The lowest BCUT2D eigenvalue weighted by atomic mass is 10.1. The molecule has 22 heavy (non-hydrogen) atoms. The van der Waals surface area contributed by atoms with Crippen molar-refractivity contribution in [3.8, 4) is 11.6 Å². The van der Waals surface area contributed by atoms with Crippen molar-refractivity contribution in [2.24, 2.45) is 0 Å². The maximum atomic E-state index is 6.20. The van der Waals surface area contributed by atoms with Crippen LogP contribution in [0.5, 0.6) is 11.6 Å². The molecule has 0 bridgehead atoms. The zero-order chi connectivity index (χ0) is 15.7. The number of nitrogens with zero attached hydrogens (tertiary/aromatic N) is 3. The van der Waals surface area contributed by atoms with E-state index in [-0.39, 0.29) is 0 Å². The molecule has 1 fully saturated rings. The van der Waals surface area contributed by atoms with Crippen molar-refractivity contribution in [3.05, 3.63) is 34.6 Å². The number of anilines is 2. The van der Waals surface area contributed by atoms with Crippen LogP contribution < -0.4 is 15.4 Å². The zero-order valence-corrected chi connectivity index (χ0v) is 13.5. The van der Waals surface area contributed by atoms with E-state index in [1.54, 1.807) is 0 Å². The largest absolute Gasteiger partial charge is 0.437 e. The molecule has 2 heterocycles. The van der Waals surface area contributed by atoms with Crippen LogP contribution in [0, 0.1) is 13.8 Å². The van der Waals surface area contributed by atoms with Crippen LogP contribution in [0.15, 0.2) is 18.5 Å². The van der Waals surface area contributed by atoms with Crippen LogP contribution in [0.25, 0.3) is 0 Å². The summed E-state index contributed by atoms with van der Waals surface area (Å²) in [6.45, 7) is 5.84. The van der Waals surface area contributed by atoms with E-state index < -0.39 is 0 Å². The van der Waals surface area contributed by atoms with Gasteiger partial charge < -0.3 is 15.4 Å². The lowest BCUT2D eigenvalue weighted by Gasteiger charge is -2.19. The maximum Gasteiger partial charge on any atom is 0.248 e. The standard InChI is InChI=1S/C16H19ClN4O/c1-10-7-12(8-11(2)13(10)17)22-16-14(18)15(19-9-20-16)21-5-3-4-6-21/h7-9H,3-6,18H2,1-2H3. The summed E-state index contributed by atoms with van der Waals surface area (Å²) in [5.41, 5.74) is 8.60. The van der Waals surface area contributed by atoms with Crippen molar-refractivity contribution in [2.45, 2.75) is 26.7 Å². The van der Waals surface area contributed by atoms with Crippen LogP contribution in [0.4, 0.5) is 11.5 Å². The van der Waals surface area contributed by atoms with Gasteiger partial charge in [0.15, 0.2) is 5.82 Å². The molecule has 3 rings (SSSR count). The lowest BCUT2D eigenvalue weighted by molar-refractivity contribution is 0.463. The van der Waals surface area contributed by atoms with Crippen molar-refractivity contribution in [2.75, 3.05) is 23.7 Å². The molecule has 0 unspecified atom stereocenters. The van der Waals surface area contributed by atoms with Gasteiger partial charge in [-0.15, -0.1) is 0 Å². The molecule has 0 amide bonds. The Morgan fingerprint density at radius 2 is 1.77 bits per heavy atom. The van der Waals surface area contributed by atoms with Gasteiger partial charge in [0.05, 0.1) is 0 Å². The van der Waals surface area contributed by atoms with Gasteiger partial charge in [0, 0.05) is 18.1 Å². The Labute approximate surface area is 135 Å². The lowest BCUT2D eigenvalue weighted by Crippen LogP contribution is -2.20. The van der Waals surface area contributed by atoms with Gasteiger partial charge >= 0.3 is 0 Å². The van der Waals surface area contributed by atoms with Gasteiger partial charge in [0.1, 0.15) is 17.8 Å². The summed E-state index contributed by atoms with van der Waals surface area (Å²) in [6.07, 6.45) is 3.82. The molecule has 116 valence electrons. The summed E-state index contributed by atoms with van der Waals surface area (Å²) < 4.78 is 5.86. The Morgan fingerprint density at radius 1 is 1.14 bits per heavy atom. The first-order valence-electron chi connectivity index (χ1n) is 7.36. The summed E-state index contributed by atoms with van der Waals surface area (Å²) >= 11 is 6.18. The van der Waals surface area contributed by atoms with Gasteiger partial charge in [-0.1, -0.05) is 11.6 Å². The molecule has 2 aromatic rings. The predicted octanol–water partition coefficient (Wildman–Crippen LogP) is 3.72. The molecule has 1 aromatic heterocycles. The number of ether oxygens (including phenoxy) is 1. The minimum Gasteiger partial charge on any atom is -0.437 e. The van der Waals surface area contributed by atoms with Crippen LogP contribution in [0.2, 0.25) is 5.02 Å². The molecule has 1 aliphatic heterocycles. The molecule has 5 nitrogen and oxygen atoms in total. The van der Waals surface area contributed by atoms with Crippen molar-refractivity contribution in [3.63, 3.8) is 0 Å². The molecule has 1 aliphatic rings. The van der Waals surface area contributed by atoms with Crippen molar-refractivity contribution >= 4 is 23.1 Å². The molecule has 0 atom stereocenters. The maximum absolute atomic E-state index is 6.20. The number of aromatic nitrogens is 2. The van der Waals surface area contributed by atoms with Gasteiger partial charge in [-0.3, -0.25) is 0 Å². The van der Waals surface area contributed by atoms with E-state index in [1.165, 1.54) is 6.33 Å². The van der Waals surface area contributed by atoms with E-state index in [0.29, 0.717) is 17.3 Å². The zero-order valence-electron chi connectivity index (χ0n) is 12.8. The van der Waals surface area contributed by atoms with E-state index in [0.717, 1.165) is 47.9 Å². The Hall–Kier alpha value is -2.01. The topological polar surface area (TPSA) is 64.3 Å². The summed E-state index contributed by atoms with van der Waals surface area (Å²) in [6, 6.07) is 3.76. The Kier molecular flexibility index (Phi) is 4.07. The van der Waals surface area contributed by atoms with Gasteiger partial charge in [-0.05, 0) is 49.9 Å². The second-order valence-electron chi connectivity index (χ2n) is 5.58. The molecular weight excluding hydrogens is 300 g/mol. The van der Waals surface area contributed by atoms with Crippen molar-refractivity contribution in [1.29, 1.82) is 0 Å². The van der Waals surface area contributed by atoms with Crippen LogP contribution in [0.3, 0.4) is 0 Å². The van der Waals surface area contributed by atoms with Crippen molar-refractivity contribution in [1.82, 2.24) is 9.97 Å². The molecule has 0 radical (unpaired) electrons. The molecule has 0 aliphatic carbocycles. The number of nitrogens with two attached hydrogens (primary N) is 1. The molecule has 1 aromatic carbocycles. The Bertz CT molecular complexity index is 676. The third kappa shape index (κ3) is 2.81. The fraction of sp³-hybridized carbons (Fsp3) is 0.375. The van der Waals surface area contributed by atoms with Crippen LogP contribution >= 0.6 is 11.6 Å². The molecule has 6 heteroatoms. The number of rotatable bonds is 3. The fourth-order valence-electron chi connectivity index (χ4n) is 2.71. The second kappa shape index (κ2) is 6.01. The molecule has 0 saturated carbocycles. The average Bonchev–Trinajstić information content (AvgIpc) is 3.01. The summed E-state index contributed by atoms with van der Waals surface area (Å²) in [4.78, 5) is 10.6. The van der Waals surface area contributed by atoms with E-state index in [1.807, 2.05) is 26.0 Å². The van der Waals surface area contributed by atoms with Gasteiger partial charge in [-0.2, -0.15) is 4.98 Å². The van der Waals surface area contributed by atoms with E-state index in [2.05, 4.69) is 14.9 Å². The molecule has 1 saturated heterocycles. The van der Waals surface area contributed by atoms with E-state index >= 15 is 0 Å². The summed E-state index contributed by atoms with van der Waals surface area (Å²) in [5.74, 6) is 1.82. The highest BCUT2D eigenvalue weighted by Gasteiger charge is 2.19. The first kappa shape index (κ1) is 14.9. The van der Waals surface area contributed by atoms with Crippen LogP contribution in [-0.2, 0) is 0 Å². The SMILES string of the molecule is Cc1cc(Oc2ncnc(N3CCCC3)c2N)cc(C)c1Cl. The summed E-state index contributed by atoms with van der Waals surface area (Å²) in [5, 5.41) is 0.751. The number of aryl methyl sites for hydroxylation is 2.